The Morgan fingerprint density at radius 1 is 1.25 bits per heavy atom. The van der Waals surface area contributed by atoms with Gasteiger partial charge in [0.05, 0.1) is 23.9 Å². The monoisotopic (exact) mass is 461 g/mol. The van der Waals surface area contributed by atoms with Crippen molar-refractivity contribution < 1.29 is 13.9 Å². The second-order valence-electron chi connectivity index (χ2n) is 6.37. The van der Waals surface area contributed by atoms with E-state index in [2.05, 4.69) is 26.2 Å². The molecule has 2 atom stereocenters. The quantitative estimate of drug-likeness (QED) is 0.555. The molecule has 1 aliphatic heterocycles. The highest BCUT2D eigenvalue weighted by molar-refractivity contribution is 9.10. The molecule has 5 nitrogen and oxygen atoms in total. The molecule has 0 aliphatic carbocycles. The summed E-state index contributed by atoms with van der Waals surface area (Å²) < 4.78 is 21.1. The molecule has 28 heavy (non-hydrogen) atoms. The van der Waals surface area contributed by atoms with Crippen LogP contribution in [0.3, 0.4) is 0 Å². The van der Waals surface area contributed by atoms with Crippen LogP contribution in [-0.2, 0) is 0 Å². The Hall–Kier alpha value is -2.29. The fraction of sp³-hybridized carbons (Fsp3) is 0.200. The maximum Gasteiger partial charge on any atom is 0.170 e. The van der Waals surface area contributed by atoms with Gasteiger partial charge in [0.25, 0.3) is 0 Å². The van der Waals surface area contributed by atoms with E-state index < -0.39 is 0 Å². The molecule has 2 N–H and O–H groups in total. The number of halogens is 2. The van der Waals surface area contributed by atoms with Crippen molar-refractivity contribution >= 4 is 33.3 Å². The van der Waals surface area contributed by atoms with Crippen LogP contribution in [0, 0.1) is 5.82 Å². The van der Waals surface area contributed by atoms with E-state index in [4.69, 9.17) is 16.6 Å². The average molecular weight is 462 g/mol. The molecular weight excluding hydrogens is 445 g/mol. The number of aliphatic hydroxyl groups excluding tert-OH is 1. The fourth-order valence-corrected chi connectivity index (χ4v) is 4.07. The smallest absolute Gasteiger partial charge is 0.170 e. The summed E-state index contributed by atoms with van der Waals surface area (Å²) in [4.78, 5) is 6.31. The zero-order chi connectivity index (χ0) is 19.7. The predicted octanol–water partition coefficient (Wildman–Crippen LogP) is 4.21. The molecule has 0 amide bonds. The largest absolute Gasteiger partial charge is 0.459 e. The van der Waals surface area contributed by atoms with Gasteiger partial charge in [-0.3, -0.25) is 4.98 Å². The Bertz CT molecular complexity index is 998. The Labute approximate surface area is 175 Å². The molecule has 2 aromatic heterocycles. The first-order valence-corrected chi connectivity index (χ1v) is 9.92. The topological polar surface area (TPSA) is 61.5 Å². The molecular formula is C20H17BrFN3O2S. The number of hydrogen-bond donors (Lipinski definition) is 2. The van der Waals surface area contributed by atoms with Gasteiger partial charge in [0.1, 0.15) is 23.4 Å². The lowest BCUT2D eigenvalue weighted by molar-refractivity contribution is 0.209. The highest BCUT2D eigenvalue weighted by Gasteiger charge is 2.41. The van der Waals surface area contributed by atoms with Crippen molar-refractivity contribution in [1.82, 2.24) is 15.2 Å². The molecule has 0 spiro atoms. The first-order chi connectivity index (χ1) is 13.6. The van der Waals surface area contributed by atoms with Crippen molar-refractivity contribution in [3.8, 4) is 11.3 Å². The minimum atomic E-state index is -0.371. The maximum absolute atomic E-state index is 14.3. The molecule has 0 unspecified atom stereocenters. The van der Waals surface area contributed by atoms with Crippen molar-refractivity contribution in [1.29, 1.82) is 0 Å². The fourth-order valence-electron chi connectivity index (χ4n) is 3.41. The van der Waals surface area contributed by atoms with E-state index in [-0.39, 0.29) is 24.5 Å². The summed E-state index contributed by atoms with van der Waals surface area (Å²) in [5.74, 6) is 0.680. The molecule has 3 heterocycles. The third-order valence-electron chi connectivity index (χ3n) is 4.65. The van der Waals surface area contributed by atoms with Gasteiger partial charge in [0, 0.05) is 17.2 Å². The Morgan fingerprint density at radius 3 is 2.82 bits per heavy atom. The van der Waals surface area contributed by atoms with Gasteiger partial charge in [-0.05, 0) is 54.7 Å². The third kappa shape index (κ3) is 3.55. The lowest BCUT2D eigenvalue weighted by Gasteiger charge is -2.25. The molecule has 1 aliphatic rings. The molecule has 0 bridgehead atoms. The second-order valence-corrected chi connectivity index (χ2v) is 7.67. The van der Waals surface area contributed by atoms with Crippen LogP contribution in [0.2, 0.25) is 0 Å². The van der Waals surface area contributed by atoms with Crippen molar-refractivity contribution in [3.63, 3.8) is 0 Å². The Morgan fingerprint density at radius 2 is 2.11 bits per heavy atom. The Balaban J connectivity index is 1.73. The number of pyridine rings is 1. The van der Waals surface area contributed by atoms with E-state index in [0.717, 1.165) is 5.69 Å². The van der Waals surface area contributed by atoms with Gasteiger partial charge in [-0.1, -0.05) is 22.0 Å². The summed E-state index contributed by atoms with van der Waals surface area (Å²) in [6, 6.07) is 13.5. The molecule has 0 radical (unpaired) electrons. The molecule has 1 saturated heterocycles. The average Bonchev–Trinajstić information content (AvgIpc) is 3.28. The number of benzene rings is 1. The van der Waals surface area contributed by atoms with Gasteiger partial charge in [-0.25, -0.2) is 4.39 Å². The van der Waals surface area contributed by atoms with Crippen LogP contribution in [0.1, 0.15) is 23.5 Å². The van der Waals surface area contributed by atoms with E-state index in [9.17, 15) is 9.50 Å². The SMILES string of the molecule is OCCN1C(=S)N[C@@H](c2ccccn2)[C@@H]1c1ccc(-c2ccc(Br)cc2F)o1. The van der Waals surface area contributed by atoms with Gasteiger partial charge in [0.15, 0.2) is 5.11 Å². The standard InChI is InChI=1S/C20H17BrFN3O2S/c21-12-4-5-13(14(22)11-12)16-6-7-17(27-16)19-18(15-3-1-2-8-23-15)24-20(28)25(19)9-10-26/h1-8,11,18-19,26H,9-10H2,(H,24,28)/t18-,19-/m0/s1. The van der Waals surface area contributed by atoms with E-state index in [1.165, 1.54) is 6.07 Å². The minimum Gasteiger partial charge on any atom is -0.459 e. The number of nitrogens with zero attached hydrogens (tertiary/aromatic N) is 2. The number of aromatic nitrogens is 1. The van der Waals surface area contributed by atoms with Crippen molar-refractivity contribution in [2.45, 2.75) is 12.1 Å². The molecule has 4 rings (SSSR count). The van der Waals surface area contributed by atoms with Crippen LogP contribution in [0.4, 0.5) is 4.39 Å². The van der Waals surface area contributed by atoms with Crippen LogP contribution in [0.5, 0.6) is 0 Å². The summed E-state index contributed by atoms with van der Waals surface area (Å²) in [7, 11) is 0. The second kappa shape index (κ2) is 7.98. The summed E-state index contributed by atoms with van der Waals surface area (Å²) in [5.41, 5.74) is 1.19. The highest BCUT2D eigenvalue weighted by Crippen LogP contribution is 2.40. The van der Waals surface area contributed by atoms with Crippen molar-refractivity contribution in [3.05, 3.63) is 76.5 Å². The normalized spacial score (nSPS) is 19.1. The van der Waals surface area contributed by atoms with Crippen molar-refractivity contribution in [2.24, 2.45) is 0 Å². The van der Waals surface area contributed by atoms with Gasteiger partial charge in [-0.15, -0.1) is 0 Å². The van der Waals surface area contributed by atoms with Crippen LogP contribution < -0.4 is 5.32 Å². The maximum atomic E-state index is 14.3. The highest BCUT2D eigenvalue weighted by atomic mass is 79.9. The van der Waals surface area contributed by atoms with Crippen LogP contribution in [0.15, 0.2) is 63.6 Å². The molecule has 144 valence electrons. The zero-order valence-electron chi connectivity index (χ0n) is 14.7. The first kappa shape index (κ1) is 19.0. The molecule has 3 aromatic rings. The van der Waals surface area contributed by atoms with Gasteiger partial charge in [-0.2, -0.15) is 0 Å². The summed E-state index contributed by atoms with van der Waals surface area (Å²) in [6.07, 6.45) is 1.72. The number of β-amino-alcohol motifs (C(OH)–C–C–N with tert-alkyl or cyclic N) is 1. The van der Waals surface area contributed by atoms with Gasteiger partial charge >= 0.3 is 0 Å². The van der Waals surface area contributed by atoms with Gasteiger partial charge < -0.3 is 19.7 Å². The van der Waals surface area contributed by atoms with Gasteiger partial charge in [0.2, 0.25) is 0 Å². The van der Waals surface area contributed by atoms with Crippen LogP contribution in [-0.4, -0.2) is 33.3 Å². The number of aliphatic hydroxyl groups is 1. The number of hydrogen-bond acceptors (Lipinski definition) is 4. The molecule has 8 heteroatoms. The van der Waals surface area contributed by atoms with Crippen LogP contribution >= 0.6 is 28.1 Å². The molecule has 0 saturated carbocycles. The van der Waals surface area contributed by atoms with E-state index >= 15 is 0 Å². The lowest BCUT2D eigenvalue weighted by Crippen LogP contribution is -2.32. The number of nitrogens with one attached hydrogen (secondary N) is 1. The minimum absolute atomic E-state index is 0.0534. The summed E-state index contributed by atoms with van der Waals surface area (Å²) in [6.45, 7) is 0.296. The first-order valence-electron chi connectivity index (χ1n) is 8.72. The third-order valence-corrected chi connectivity index (χ3v) is 5.50. The zero-order valence-corrected chi connectivity index (χ0v) is 17.1. The summed E-state index contributed by atoms with van der Waals surface area (Å²) in [5, 5.41) is 13.3. The van der Waals surface area contributed by atoms with Crippen LogP contribution in [0.25, 0.3) is 11.3 Å². The number of rotatable bonds is 5. The predicted molar refractivity (Wildman–Crippen MR) is 111 cm³/mol. The van der Waals surface area contributed by atoms with E-state index in [1.54, 1.807) is 24.4 Å². The number of furan rings is 1. The number of thiocarbonyl (C=S) groups is 1. The summed E-state index contributed by atoms with van der Waals surface area (Å²) >= 11 is 8.73. The Kier molecular flexibility index (Phi) is 5.43. The molecule has 1 aromatic carbocycles. The van der Waals surface area contributed by atoms with Crippen molar-refractivity contribution in [2.75, 3.05) is 13.2 Å². The lowest BCUT2D eigenvalue weighted by atomic mass is 10.0. The van der Waals surface area contributed by atoms with E-state index in [0.29, 0.717) is 33.2 Å². The molecule has 1 fully saturated rings. The van der Waals surface area contributed by atoms with E-state index in [1.807, 2.05) is 29.2 Å².